The van der Waals surface area contributed by atoms with E-state index in [1.165, 1.54) is 47.1 Å². The summed E-state index contributed by atoms with van der Waals surface area (Å²) >= 11 is 0. The fourth-order valence-corrected chi connectivity index (χ4v) is 4.64. The Morgan fingerprint density at radius 1 is 0.905 bits per heavy atom. The number of hydrogen-bond donors (Lipinski definition) is 2. The van der Waals surface area contributed by atoms with Gasteiger partial charge in [0.05, 0.1) is 41.3 Å². The van der Waals surface area contributed by atoms with Gasteiger partial charge in [0.2, 0.25) is 0 Å². The van der Waals surface area contributed by atoms with Crippen molar-refractivity contribution in [3.63, 3.8) is 0 Å². The van der Waals surface area contributed by atoms with Crippen LogP contribution in [0.4, 0.5) is 37.7 Å². The first-order valence-electron chi connectivity index (χ1n) is 12.8. The van der Waals surface area contributed by atoms with Gasteiger partial charge in [0.15, 0.2) is 0 Å². The lowest BCUT2D eigenvalue weighted by atomic mass is 10.1. The molecule has 3 aromatic carbocycles. The quantitative estimate of drug-likeness (QED) is 0.233. The Bertz CT molecular complexity index is 1560. The number of aromatic carboxylic acids is 1. The molecule has 0 saturated carbocycles. The second-order valence-electron chi connectivity index (χ2n) is 9.56. The lowest BCUT2D eigenvalue weighted by Crippen LogP contribution is -2.37. The highest BCUT2D eigenvalue weighted by atomic mass is 19.4. The molecule has 13 heteroatoms. The number of morpholine rings is 1. The van der Waals surface area contributed by atoms with Crippen LogP contribution in [0.5, 0.6) is 0 Å². The van der Waals surface area contributed by atoms with E-state index in [0.717, 1.165) is 18.2 Å². The van der Waals surface area contributed by atoms with Crippen LogP contribution in [0.2, 0.25) is 0 Å². The molecular weight excluding hydrogens is 566 g/mol. The molecule has 1 aromatic heterocycles. The molecule has 0 atom stereocenters. The maximum Gasteiger partial charge on any atom is 0.418 e. The number of alkyl halides is 6. The lowest BCUT2D eigenvalue weighted by Gasteiger charge is -2.31. The zero-order valence-corrected chi connectivity index (χ0v) is 21.8. The molecule has 0 amide bonds. The highest BCUT2D eigenvalue weighted by molar-refractivity contribution is 5.88. The number of hydrogen-bond acceptors (Lipinski definition) is 5. The number of halogens is 6. The number of anilines is 2. The van der Waals surface area contributed by atoms with Gasteiger partial charge < -0.3 is 20.1 Å². The number of nitrogens with one attached hydrogen (secondary N) is 1. The van der Waals surface area contributed by atoms with E-state index >= 15 is 0 Å². The summed E-state index contributed by atoms with van der Waals surface area (Å²) in [5, 5.41) is 16.7. The number of carbonyl (C=O) groups is 1. The smallest absolute Gasteiger partial charge is 0.418 e. The van der Waals surface area contributed by atoms with Gasteiger partial charge in [-0.3, -0.25) is 0 Å². The van der Waals surface area contributed by atoms with E-state index in [1.54, 1.807) is 17.2 Å². The van der Waals surface area contributed by atoms with E-state index in [9.17, 15) is 36.2 Å². The van der Waals surface area contributed by atoms with E-state index in [-0.39, 0.29) is 23.5 Å². The summed E-state index contributed by atoms with van der Waals surface area (Å²) in [4.78, 5) is 12.9. The van der Waals surface area contributed by atoms with Gasteiger partial charge in [0.1, 0.15) is 0 Å². The minimum atomic E-state index is -4.60. The van der Waals surface area contributed by atoms with Crippen LogP contribution in [0.25, 0.3) is 16.9 Å². The predicted molar refractivity (Wildman–Crippen MR) is 143 cm³/mol. The van der Waals surface area contributed by atoms with E-state index in [0.29, 0.717) is 48.8 Å². The lowest BCUT2D eigenvalue weighted by molar-refractivity contribution is -0.138. The van der Waals surface area contributed by atoms with Crippen LogP contribution < -0.4 is 10.2 Å². The van der Waals surface area contributed by atoms with Gasteiger partial charge in [-0.15, -0.1) is 0 Å². The van der Waals surface area contributed by atoms with Crippen molar-refractivity contribution < 1.29 is 41.0 Å². The summed E-state index contributed by atoms with van der Waals surface area (Å²) in [7, 11) is 0. The molecule has 1 fully saturated rings. The fourth-order valence-electron chi connectivity index (χ4n) is 4.64. The third-order valence-electron chi connectivity index (χ3n) is 6.79. The third kappa shape index (κ3) is 6.35. The van der Waals surface area contributed by atoms with Crippen molar-refractivity contribution in [2.75, 3.05) is 36.5 Å². The number of aromatic nitrogens is 2. The first-order chi connectivity index (χ1) is 19.9. The number of ether oxygens (including phenoxy) is 1. The van der Waals surface area contributed by atoms with Gasteiger partial charge in [0, 0.05) is 48.3 Å². The minimum Gasteiger partial charge on any atom is -0.478 e. The molecule has 7 nitrogen and oxygen atoms in total. The molecule has 5 rings (SSSR count). The normalized spacial score (nSPS) is 14.2. The fraction of sp³-hybridized carbons (Fsp3) is 0.241. The standard InChI is InChI=1S/C29H24F6N4O3/c30-28(31,32)21-5-8-23(9-6-21)39-17-20(26(37-39)18-1-3-19(4-2-18)27(40)41)16-36-22-7-10-25(24(15-22)29(33,34)35)38-11-13-42-14-12-38/h1-10,15,17,36H,11-14,16H2,(H,40,41). The summed E-state index contributed by atoms with van der Waals surface area (Å²) in [5.74, 6) is -1.13. The predicted octanol–water partition coefficient (Wildman–Crippen LogP) is 6.72. The molecule has 220 valence electrons. The molecular formula is C29H24F6N4O3. The van der Waals surface area contributed by atoms with Crippen LogP contribution in [0, 0.1) is 0 Å². The average molecular weight is 591 g/mol. The number of rotatable bonds is 7. The zero-order chi connectivity index (χ0) is 30.1. The maximum absolute atomic E-state index is 14.0. The average Bonchev–Trinajstić information content (AvgIpc) is 3.40. The molecule has 0 aliphatic carbocycles. The van der Waals surface area contributed by atoms with Gasteiger partial charge in [-0.05, 0) is 54.6 Å². The summed E-state index contributed by atoms with van der Waals surface area (Å²) in [6.45, 7) is 1.35. The molecule has 0 bridgehead atoms. The number of benzene rings is 3. The van der Waals surface area contributed by atoms with Crippen LogP contribution in [-0.4, -0.2) is 47.2 Å². The van der Waals surface area contributed by atoms with Crippen molar-refractivity contribution in [1.29, 1.82) is 0 Å². The maximum atomic E-state index is 14.0. The second-order valence-corrected chi connectivity index (χ2v) is 9.56. The molecule has 2 heterocycles. The molecule has 0 radical (unpaired) electrons. The van der Waals surface area contributed by atoms with Crippen molar-refractivity contribution in [3.05, 3.63) is 95.2 Å². The number of carboxylic acid groups (broad SMARTS) is 1. The Morgan fingerprint density at radius 2 is 1.57 bits per heavy atom. The van der Waals surface area contributed by atoms with Crippen molar-refractivity contribution in [3.8, 4) is 16.9 Å². The Hall–Kier alpha value is -4.52. The monoisotopic (exact) mass is 590 g/mol. The van der Waals surface area contributed by atoms with Gasteiger partial charge in [0.25, 0.3) is 0 Å². The van der Waals surface area contributed by atoms with Crippen molar-refractivity contribution in [2.45, 2.75) is 18.9 Å². The second kappa shape index (κ2) is 11.4. The van der Waals surface area contributed by atoms with Crippen LogP contribution in [0.3, 0.4) is 0 Å². The number of carboxylic acids is 1. The molecule has 0 unspecified atom stereocenters. The van der Waals surface area contributed by atoms with Crippen LogP contribution >= 0.6 is 0 Å². The Morgan fingerprint density at radius 3 is 2.17 bits per heavy atom. The van der Waals surface area contributed by atoms with Crippen molar-refractivity contribution >= 4 is 17.3 Å². The van der Waals surface area contributed by atoms with Crippen LogP contribution in [0.1, 0.15) is 27.0 Å². The molecule has 1 aliphatic rings. The summed E-state index contributed by atoms with van der Waals surface area (Å²) in [6, 6.07) is 14.2. The molecule has 1 aliphatic heterocycles. The summed E-state index contributed by atoms with van der Waals surface area (Å²) in [5.41, 5.74) is 0.419. The van der Waals surface area contributed by atoms with Crippen molar-refractivity contribution in [1.82, 2.24) is 9.78 Å². The van der Waals surface area contributed by atoms with E-state index in [1.807, 2.05) is 0 Å². The Balaban J connectivity index is 1.47. The van der Waals surface area contributed by atoms with Gasteiger partial charge in [-0.2, -0.15) is 31.4 Å². The Labute approximate surface area is 235 Å². The Kier molecular flexibility index (Phi) is 7.87. The molecule has 0 spiro atoms. The molecule has 42 heavy (non-hydrogen) atoms. The molecule has 2 N–H and O–H groups in total. The first kappa shape index (κ1) is 29.0. The van der Waals surface area contributed by atoms with Crippen LogP contribution in [0.15, 0.2) is 72.9 Å². The highest BCUT2D eigenvalue weighted by Gasteiger charge is 2.35. The summed E-state index contributed by atoms with van der Waals surface area (Å²) < 4.78 is 87.8. The minimum absolute atomic E-state index is 0.0187. The molecule has 4 aromatic rings. The van der Waals surface area contributed by atoms with E-state index in [2.05, 4.69) is 10.4 Å². The van der Waals surface area contributed by atoms with Gasteiger partial charge in [-0.1, -0.05) is 12.1 Å². The first-order valence-corrected chi connectivity index (χ1v) is 12.8. The molecule has 1 saturated heterocycles. The van der Waals surface area contributed by atoms with E-state index in [4.69, 9.17) is 4.74 Å². The zero-order valence-electron chi connectivity index (χ0n) is 21.8. The van der Waals surface area contributed by atoms with Crippen molar-refractivity contribution in [2.24, 2.45) is 0 Å². The highest BCUT2D eigenvalue weighted by Crippen LogP contribution is 2.39. The number of nitrogens with zero attached hydrogens (tertiary/aromatic N) is 3. The third-order valence-corrected chi connectivity index (χ3v) is 6.79. The summed E-state index contributed by atoms with van der Waals surface area (Å²) in [6.07, 6.45) is -7.56. The SMILES string of the molecule is O=C(O)c1ccc(-c2nn(-c3ccc(C(F)(F)F)cc3)cc2CNc2ccc(N3CCOCC3)c(C(F)(F)F)c2)cc1. The van der Waals surface area contributed by atoms with Gasteiger partial charge in [-0.25, -0.2) is 9.48 Å². The largest absolute Gasteiger partial charge is 0.478 e. The van der Waals surface area contributed by atoms with Gasteiger partial charge >= 0.3 is 18.3 Å². The topological polar surface area (TPSA) is 79.6 Å². The van der Waals surface area contributed by atoms with Crippen LogP contribution in [-0.2, 0) is 23.6 Å². The van der Waals surface area contributed by atoms with E-state index < -0.39 is 29.4 Å².